The number of anilines is 1. The molecule has 0 saturated heterocycles. The Bertz CT molecular complexity index is 405. The number of hydrogen-bond donors (Lipinski definition) is 3. The Morgan fingerprint density at radius 3 is 2.72 bits per heavy atom. The van der Waals surface area contributed by atoms with Crippen LogP contribution in [0.25, 0.3) is 0 Å². The number of nitrogens with zero attached hydrogens (tertiary/aromatic N) is 2. The van der Waals surface area contributed by atoms with E-state index in [9.17, 15) is 4.79 Å². The second-order valence-corrected chi connectivity index (χ2v) is 4.74. The fraction of sp³-hybridized carbons (Fsp3) is 0.583. The summed E-state index contributed by atoms with van der Waals surface area (Å²) in [5.41, 5.74) is 11.0. The molecule has 0 spiro atoms. The third-order valence-corrected chi connectivity index (χ3v) is 3.58. The van der Waals surface area contributed by atoms with Crippen LogP contribution in [0.3, 0.4) is 0 Å². The number of aromatic nitrogens is 2. The van der Waals surface area contributed by atoms with E-state index in [-0.39, 0.29) is 5.69 Å². The van der Waals surface area contributed by atoms with E-state index in [0.29, 0.717) is 17.7 Å². The third kappa shape index (κ3) is 2.95. The molecule has 0 aliphatic heterocycles. The highest BCUT2D eigenvalue weighted by Gasteiger charge is 2.25. The molecule has 1 aliphatic carbocycles. The molecule has 1 amide bonds. The van der Waals surface area contributed by atoms with Gasteiger partial charge < -0.3 is 16.8 Å². The number of carbonyl (C=O) groups excluding carboxylic acids is 1. The molecule has 0 aromatic carbocycles. The predicted molar refractivity (Wildman–Crippen MR) is 68.9 cm³/mol. The molecule has 1 fully saturated rings. The van der Waals surface area contributed by atoms with Gasteiger partial charge in [0.05, 0.1) is 0 Å². The topological polar surface area (TPSA) is 107 Å². The summed E-state index contributed by atoms with van der Waals surface area (Å²) in [4.78, 5) is 10.8. The van der Waals surface area contributed by atoms with E-state index in [2.05, 4.69) is 15.5 Å². The standard InChI is InChI=1S/C12H19N5O/c13-6-8-2-1-3-9(8)7-15-11-5-4-10(12(14)18)16-17-11/h4-5,8-9H,1-3,6-7,13H2,(H2,14,18)(H,15,17). The lowest BCUT2D eigenvalue weighted by Crippen LogP contribution is -2.24. The van der Waals surface area contributed by atoms with Crippen molar-refractivity contribution in [1.29, 1.82) is 0 Å². The van der Waals surface area contributed by atoms with Crippen LogP contribution in [0.5, 0.6) is 0 Å². The first kappa shape index (κ1) is 12.8. The minimum Gasteiger partial charge on any atom is -0.368 e. The minimum atomic E-state index is -0.562. The second kappa shape index (κ2) is 5.77. The zero-order valence-corrected chi connectivity index (χ0v) is 10.3. The SMILES string of the molecule is NCC1CCCC1CNc1ccc(C(N)=O)nn1. The van der Waals surface area contributed by atoms with Crippen LogP contribution in [0.2, 0.25) is 0 Å². The molecule has 2 atom stereocenters. The molecule has 5 N–H and O–H groups in total. The van der Waals surface area contributed by atoms with Gasteiger partial charge in [-0.05, 0) is 43.4 Å². The van der Waals surface area contributed by atoms with Gasteiger partial charge in [-0.2, -0.15) is 0 Å². The molecular weight excluding hydrogens is 230 g/mol. The molecule has 0 bridgehead atoms. The molecular formula is C12H19N5O. The lowest BCUT2D eigenvalue weighted by molar-refractivity contribution is 0.0994. The van der Waals surface area contributed by atoms with Crippen molar-refractivity contribution < 1.29 is 4.79 Å². The van der Waals surface area contributed by atoms with Crippen LogP contribution in [0.4, 0.5) is 5.82 Å². The summed E-state index contributed by atoms with van der Waals surface area (Å²) in [5.74, 6) is 1.32. The maximum atomic E-state index is 10.8. The zero-order chi connectivity index (χ0) is 13.0. The van der Waals surface area contributed by atoms with Crippen molar-refractivity contribution in [3.8, 4) is 0 Å². The number of hydrogen-bond acceptors (Lipinski definition) is 5. The minimum absolute atomic E-state index is 0.182. The lowest BCUT2D eigenvalue weighted by Gasteiger charge is -2.18. The molecule has 18 heavy (non-hydrogen) atoms. The van der Waals surface area contributed by atoms with E-state index < -0.39 is 5.91 Å². The van der Waals surface area contributed by atoms with Gasteiger partial charge in [-0.3, -0.25) is 4.79 Å². The maximum Gasteiger partial charge on any atom is 0.269 e. The fourth-order valence-corrected chi connectivity index (χ4v) is 2.49. The molecule has 1 aromatic heterocycles. The van der Waals surface area contributed by atoms with Gasteiger partial charge in [0, 0.05) is 6.54 Å². The van der Waals surface area contributed by atoms with Crippen LogP contribution < -0.4 is 16.8 Å². The van der Waals surface area contributed by atoms with Crippen molar-refractivity contribution in [3.63, 3.8) is 0 Å². The van der Waals surface area contributed by atoms with E-state index >= 15 is 0 Å². The van der Waals surface area contributed by atoms with Gasteiger partial charge >= 0.3 is 0 Å². The lowest BCUT2D eigenvalue weighted by atomic mass is 9.96. The Morgan fingerprint density at radius 2 is 2.11 bits per heavy atom. The number of rotatable bonds is 5. The molecule has 2 rings (SSSR count). The first-order valence-electron chi connectivity index (χ1n) is 6.28. The van der Waals surface area contributed by atoms with Gasteiger partial charge in [0.1, 0.15) is 5.82 Å². The molecule has 1 aromatic rings. The molecule has 6 nitrogen and oxygen atoms in total. The fourth-order valence-electron chi connectivity index (χ4n) is 2.49. The average molecular weight is 249 g/mol. The second-order valence-electron chi connectivity index (χ2n) is 4.74. The van der Waals surface area contributed by atoms with Crippen molar-refractivity contribution in [2.45, 2.75) is 19.3 Å². The van der Waals surface area contributed by atoms with Crippen LogP contribution in [0, 0.1) is 11.8 Å². The number of amides is 1. The van der Waals surface area contributed by atoms with Gasteiger partial charge in [0.25, 0.3) is 5.91 Å². The highest BCUT2D eigenvalue weighted by molar-refractivity contribution is 5.90. The highest BCUT2D eigenvalue weighted by atomic mass is 16.1. The zero-order valence-electron chi connectivity index (χ0n) is 10.3. The van der Waals surface area contributed by atoms with Crippen molar-refractivity contribution >= 4 is 11.7 Å². The summed E-state index contributed by atoms with van der Waals surface area (Å²) in [7, 11) is 0. The van der Waals surface area contributed by atoms with Crippen molar-refractivity contribution in [3.05, 3.63) is 17.8 Å². The van der Waals surface area contributed by atoms with E-state index in [1.807, 2.05) is 0 Å². The number of carbonyl (C=O) groups is 1. The van der Waals surface area contributed by atoms with E-state index in [1.165, 1.54) is 19.3 Å². The molecule has 2 unspecified atom stereocenters. The van der Waals surface area contributed by atoms with Crippen LogP contribution in [0.1, 0.15) is 29.8 Å². The average Bonchev–Trinajstić information content (AvgIpc) is 2.84. The highest BCUT2D eigenvalue weighted by Crippen LogP contribution is 2.30. The molecule has 1 saturated carbocycles. The van der Waals surface area contributed by atoms with Crippen molar-refractivity contribution in [1.82, 2.24) is 10.2 Å². The van der Waals surface area contributed by atoms with Gasteiger partial charge in [0.15, 0.2) is 5.69 Å². The monoisotopic (exact) mass is 249 g/mol. The van der Waals surface area contributed by atoms with Crippen LogP contribution >= 0.6 is 0 Å². The van der Waals surface area contributed by atoms with Crippen LogP contribution in [-0.2, 0) is 0 Å². The molecule has 0 radical (unpaired) electrons. The summed E-state index contributed by atoms with van der Waals surface area (Å²) in [5, 5.41) is 10.9. The summed E-state index contributed by atoms with van der Waals surface area (Å²) < 4.78 is 0. The normalized spacial score (nSPS) is 22.9. The van der Waals surface area contributed by atoms with Gasteiger partial charge in [0.2, 0.25) is 0 Å². The quantitative estimate of drug-likeness (QED) is 0.698. The Labute approximate surface area is 106 Å². The smallest absolute Gasteiger partial charge is 0.269 e. The third-order valence-electron chi connectivity index (χ3n) is 3.58. The van der Waals surface area contributed by atoms with Gasteiger partial charge in [-0.1, -0.05) is 6.42 Å². The number of primary amides is 1. The predicted octanol–water partition coefficient (Wildman–Crippen LogP) is 0.362. The van der Waals surface area contributed by atoms with E-state index in [4.69, 9.17) is 11.5 Å². The van der Waals surface area contributed by atoms with Crippen molar-refractivity contribution in [2.75, 3.05) is 18.4 Å². The molecule has 1 aliphatic rings. The summed E-state index contributed by atoms with van der Waals surface area (Å²) in [6.07, 6.45) is 3.68. The van der Waals surface area contributed by atoms with Crippen molar-refractivity contribution in [2.24, 2.45) is 23.3 Å². The first-order valence-corrected chi connectivity index (χ1v) is 6.28. The molecule has 6 heteroatoms. The summed E-state index contributed by atoms with van der Waals surface area (Å²) in [6, 6.07) is 3.30. The largest absolute Gasteiger partial charge is 0.368 e. The van der Waals surface area contributed by atoms with E-state index in [1.54, 1.807) is 12.1 Å². The maximum absolute atomic E-state index is 10.8. The van der Waals surface area contributed by atoms with Gasteiger partial charge in [-0.25, -0.2) is 0 Å². The molecule has 98 valence electrons. The first-order chi connectivity index (χ1) is 8.70. The number of nitrogens with one attached hydrogen (secondary N) is 1. The Kier molecular flexibility index (Phi) is 4.09. The van der Waals surface area contributed by atoms with Crippen LogP contribution in [0.15, 0.2) is 12.1 Å². The van der Waals surface area contributed by atoms with Crippen LogP contribution in [-0.4, -0.2) is 29.2 Å². The van der Waals surface area contributed by atoms with E-state index in [0.717, 1.165) is 13.1 Å². The summed E-state index contributed by atoms with van der Waals surface area (Å²) >= 11 is 0. The van der Waals surface area contributed by atoms with Gasteiger partial charge in [-0.15, -0.1) is 10.2 Å². The Morgan fingerprint density at radius 1 is 1.33 bits per heavy atom. The Balaban J connectivity index is 1.88. The molecule has 1 heterocycles. The number of nitrogens with two attached hydrogens (primary N) is 2. The summed E-state index contributed by atoms with van der Waals surface area (Å²) in [6.45, 7) is 1.60. The Hall–Kier alpha value is -1.69.